The van der Waals surface area contributed by atoms with E-state index in [1.807, 2.05) is 6.07 Å². The predicted octanol–water partition coefficient (Wildman–Crippen LogP) is 3.29. The van der Waals surface area contributed by atoms with Crippen molar-refractivity contribution in [3.05, 3.63) is 76.9 Å². The van der Waals surface area contributed by atoms with Crippen LogP contribution < -0.4 is 5.49 Å². The van der Waals surface area contributed by atoms with Gasteiger partial charge in [-0.1, -0.05) is 17.7 Å². The number of fused-ring (bicyclic) bond motifs is 1. The lowest BCUT2D eigenvalue weighted by molar-refractivity contribution is 0.510. The first kappa shape index (κ1) is 15.6. The summed E-state index contributed by atoms with van der Waals surface area (Å²) in [5.41, 5.74) is 2.19. The van der Waals surface area contributed by atoms with Crippen molar-refractivity contribution in [2.45, 2.75) is 13.1 Å². The molecule has 126 valence electrons. The van der Waals surface area contributed by atoms with E-state index in [9.17, 15) is 4.39 Å². The van der Waals surface area contributed by atoms with Crippen LogP contribution in [0.15, 0.2) is 58.7 Å². The summed E-state index contributed by atoms with van der Waals surface area (Å²) in [5.74, 6) is 0.375. The number of H-pyrrole nitrogens is 1. The van der Waals surface area contributed by atoms with E-state index in [1.54, 1.807) is 41.7 Å². The van der Waals surface area contributed by atoms with Crippen molar-refractivity contribution in [3.8, 4) is 0 Å². The molecule has 0 aliphatic heterocycles. The molecule has 4 rings (SSSR count). The lowest BCUT2D eigenvalue weighted by atomic mass is 10.2. The van der Waals surface area contributed by atoms with Crippen molar-refractivity contribution in [1.82, 2.24) is 19.5 Å². The first-order valence-corrected chi connectivity index (χ1v) is 7.94. The molecule has 0 fully saturated rings. The molecule has 0 amide bonds. The van der Waals surface area contributed by atoms with Crippen LogP contribution >= 0.6 is 11.6 Å². The largest absolute Gasteiger partial charge is 0.467 e. The molecule has 3 heterocycles. The number of nitrogens with one attached hydrogen (secondary N) is 1. The predicted molar refractivity (Wildman–Crippen MR) is 90.4 cm³/mol. The molecular formula is C17H13ClFN5O. The van der Waals surface area contributed by atoms with Gasteiger partial charge < -0.3 is 14.0 Å². The maximum absolute atomic E-state index is 14.0. The molecule has 0 saturated carbocycles. The molecule has 4 aromatic rings. The maximum atomic E-state index is 14.0. The zero-order chi connectivity index (χ0) is 17.2. The van der Waals surface area contributed by atoms with Gasteiger partial charge in [-0.3, -0.25) is 4.99 Å². The Balaban J connectivity index is 1.74. The molecule has 0 saturated heterocycles. The van der Waals surface area contributed by atoms with Crippen molar-refractivity contribution in [1.29, 1.82) is 0 Å². The van der Waals surface area contributed by atoms with Crippen molar-refractivity contribution in [3.63, 3.8) is 0 Å². The molecule has 0 aliphatic rings. The number of aromatic nitrogens is 4. The second kappa shape index (κ2) is 6.52. The van der Waals surface area contributed by atoms with Crippen LogP contribution in [-0.2, 0) is 13.1 Å². The van der Waals surface area contributed by atoms with E-state index < -0.39 is 0 Å². The lowest BCUT2D eigenvalue weighted by Gasteiger charge is -2.09. The van der Waals surface area contributed by atoms with E-state index >= 15 is 0 Å². The molecule has 0 spiro atoms. The number of furan rings is 1. The Morgan fingerprint density at radius 3 is 2.96 bits per heavy atom. The Labute approximate surface area is 146 Å². The third-order valence-electron chi connectivity index (χ3n) is 3.79. The van der Waals surface area contributed by atoms with Gasteiger partial charge in [0.1, 0.15) is 17.1 Å². The van der Waals surface area contributed by atoms with Crippen molar-refractivity contribution >= 4 is 22.8 Å². The van der Waals surface area contributed by atoms with Crippen LogP contribution in [-0.4, -0.2) is 19.5 Å². The second-order valence-corrected chi connectivity index (χ2v) is 5.80. The fourth-order valence-corrected chi connectivity index (χ4v) is 2.78. The highest BCUT2D eigenvalue weighted by atomic mass is 35.5. The Morgan fingerprint density at radius 1 is 1.24 bits per heavy atom. The summed E-state index contributed by atoms with van der Waals surface area (Å²) < 4.78 is 21.0. The third-order valence-corrected chi connectivity index (χ3v) is 4.14. The summed E-state index contributed by atoms with van der Waals surface area (Å²) in [5, 5.41) is 0.364. The third kappa shape index (κ3) is 3.06. The number of rotatable bonds is 4. The van der Waals surface area contributed by atoms with Gasteiger partial charge in [0.25, 0.3) is 0 Å². The van der Waals surface area contributed by atoms with Gasteiger partial charge in [0.05, 0.1) is 32.0 Å². The minimum absolute atomic E-state index is 0.221. The zero-order valence-electron chi connectivity index (χ0n) is 13.0. The Morgan fingerprint density at radius 2 is 2.16 bits per heavy atom. The smallest absolute Gasteiger partial charge is 0.177 e. The van der Waals surface area contributed by atoms with Crippen molar-refractivity contribution < 1.29 is 8.81 Å². The monoisotopic (exact) mass is 357 g/mol. The molecule has 0 unspecified atom stereocenters. The number of nitrogens with zero attached hydrogens (tertiary/aromatic N) is 4. The fourth-order valence-electron chi connectivity index (χ4n) is 2.56. The van der Waals surface area contributed by atoms with Crippen LogP contribution in [0.1, 0.15) is 11.3 Å². The molecular weight excluding hydrogens is 345 g/mol. The first-order chi connectivity index (χ1) is 12.2. The minimum atomic E-state index is -0.365. The molecule has 0 radical (unpaired) electrons. The number of hydrogen-bond donors (Lipinski definition) is 1. The van der Waals surface area contributed by atoms with Gasteiger partial charge in [-0.05, 0) is 24.3 Å². The lowest BCUT2D eigenvalue weighted by Crippen LogP contribution is -2.15. The minimum Gasteiger partial charge on any atom is -0.467 e. The first-order valence-electron chi connectivity index (χ1n) is 7.56. The van der Waals surface area contributed by atoms with Gasteiger partial charge in [0.15, 0.2) is 11.1 Å². The van der Waals surface area contributed by atoms with Gasteiger partial charge in [-0.15, -0.1) is 0 Å². The van der Waals surface area contributed by atoms with Crippen LogP contribution in [0, 0.1) is 5.82 Å². The SMILES string of the molecule is Fc1cccc(Cl)c1Cn1cnc(=NCc2ccco2)c2[nH]cnc21. The quantitative estimate of drug-likeness (QED) is 0.609. The number of hydrogen-bond acceptors (Lipinski definition) is 4. The summed E-state index contributed by atoms with van der Waals surface area (Å²) in [6.07, 6.45) is 4.73. The second-order valence-electron chi connectivity index (χ2n) is 5.39. The van der Waals surface area contributed by atoms with E-state index in [-0.39, 0.29) is 12.4 Å². The van der Waals surface area contributed by atoms with Crippen molar-refractivity contribution in [2.24, 2.45) is 4.99 Å². The molecule has 0 bridgehead atoms. The number of aromatic amines is 1. The standard InChI is InChI=1S/C17H13ClFN5O/c18-13-4-1-5-14(19)12(13)8-24-10-23-16(15-17(24)22-9-21-15)20-7-11-3-2-6-25-11/h1-6,9-10H,7-8H2,(H,21,22). The Hall–Kier alpha value is -2.93. The maximum Gasteiger partial charge on any atom is 0.177 e. The molecule has 1 aromatic carbocycles. The number of imidazole rings is 1. The Kier molecular flexibility index (Phi) is 4.07. The van der Waals surface area contributed by atoms with E-state index in [2.05, 4.69) is 19.9 Å². The highest BCUT2D eigenvalue weighted by Crippen LogP contribution is 2.20. The summed E-state index contributed by atoms with van der Waals surface area (Å²) in [6, 6.07) is 8.26. The average molecular weight is 358 g/mol. The van der Waals surface area contributed by atoms with E-state index in [4.69, 9.17) is 16.0 Å². The molecule has 0 aliphatic carbocycles. The van der Waals surface area contributed by atoms with Crippen molar-refractivity contribution in [2.75, 3.05) is 0 Å². The summed E-state index contributed by atoms with van der Waals surface area (Å²) in [4.78, 5) is 16.1. The van der Waals surface area contributed by atoms with Gasteiger partial charge in [0.2, 0.25) is 0 Å². The molecule has 6 nitrogen and oxygen atoms in total. The summed E-state index contributed by atoms with van der Waals surface area (Å²) >= 11 is 6.11. The molecule has 8 heteroatoms. The van der Waals surface area contributed by atoms with Gasteiger partial charge in [-0.2, -0.15) is 0 Å². The average Bonchev–Trinajstić information content (AvgIpc) is 3.28. The summed E-state index contributed by atoms with van der Waals surface area (Å²) in [6.45, 7) is 0.593. The molecule has 1 N–H and O–H groups in total. The highest BCUT2D eigenvalue weighted by molar-refractivity contribution is 6.31. The fraction of sp³-hybridized carbons (Fsp3) is 0.118. The molecule has 0 atom stereocenters. The summed E-state index contributed by atoms with van der Waals surface area (Å²) in [7, 11) is 0. The van der Waals surface area contributed by atoms with Crippen LogP contribution in [0.2, 0.25) is 5.02 Å². The van der Waals surface area contributed by atoms with Crippen LogP contribution in [0.25, 0.3) is 11.2 Å². The number of benzene rings is 1. The topological polar surface area (TPSA) is 72.0 Å². The van der Waals surface area contributed by atoms with Gasteiger partial charge in [0, 0.05) is 10.6 Å². The van der Waals surface area contributed by atoms with Crippen LogP contribution in [0.5, 0.6) is 0 Å². The highest BCUT2D eigenvalue weighted by Gasteiger charge is 2.11. The van der Waals surface area contributed by atoms with Crippen LogP contribution in [0.3, 0.4) is 0 Å². The van der Waals surface area contributed by atoms with E-state index in [0.717, 1.165) is 5.76 Å². The van der Waals surface area contributed by atoms with E-state index in [1.165, 1.54) is 6.07 Å². The van der Waals surface area contributed by atoms with Crippen LogP contribution in [0.4, 0.5) is 4.39 Å². The van der Waals surface area contributed by atoms with Gasteiger partial charge >= 0.3 is 0 Å². The van der Waals surface area contributed by atoms with E-state index in [0.29, 0.717) is 33.8 Å². The zero-order valence-corrected chi connectivity index (χ0v) is 13.7. The normalized spacial score (nSPS) is 12.2. The number of halogens is 2. The molecule has 25 heavy (non-hydrogen) atoms. The molecule has 3 aromatic heterocycles. The van der Waals surface area contributed by atoms with Gasteiger partial charge in [-0.25, -0.2) is 14.4 Å². The Bertz CT molecular complexity index is 1060.